The number of carbonyl (C=O) groups is 1. The van der Waals surface area contributed by atoms with Gasteiger partial charge in [-0.05, 0) is 19.1 Å². The van der Waals surface area contributed by atoms with Gasteiger partial charge in [-0.15, -0.1) is 0 Å². The lowest BCUT2D eigenvalue weighted by molar-refractivity contribution is -0.140. The number of methoxy groups -OCH3 is 1. The number of hydrogen-bond acceptors (Lipinski definition) is 2. The van der Waals surface area contributed by atoms with E-state index in [9.17, 15) is 22.4 Å². The second kappa shape index (κ2) is 4.83. The van der Waals surface area contributed by atoms with Crippen LogP contribution in [0.4, 0.5) is 17.6 Å². The molecular weight excluding hydrogens is 240 g/mol. The zero-order chi connectivity index (χ0) is 13.2. The van der Waals surface area contributed by atoms with Gasteiger partial charge in [0.1, 0.15) is 11.9 Å². The van der Waals surface area contributed by atoms with Crippen molar-refractivity contribution in [3.8, 4) is 0 Å². The van der Waals surface area contributed by atoms with Crippen molar-refractivity contribution in [2.45, 2.75) is 19.2 Å². The lowest BCUT2D eigenvalue weighted by atomic mass is 10.0. The Labute approximate surface area is 95.2 Å². The monoisotopic (exact) mass is 250 g/mol. The molecule has 0 radical (unpaired) electrons. The molecule has 0 saturated carbocycles. The van der Waals surface area contributed by atoms with Gasteiger partial charge >= 0.3 is 6.18 Å². The van der Waals surface area contributed by atoms with Crippen LogP contribution in [0, 0.1) is 5.82 Å². The number of ether oxygens (including phenoxy) is 1. The molecule has 1 rings (SSSR count). The summed E-state index contributed by atoms with van der Waals surface area (Å²) in [5.74, 6) is -2.04. The lowest BCUT2D eigenvalue weighted by Crippen LogP contribution is -2.20. The summed E-state index contributed by atoms with van der Waals surface area (Å²) in [6.45, 7) is 1.43. The summed E-state index contributed by atoms with van der Waals surface area (Å²) in [6, 6.07) is 2.05. The van der Waals surface area contributed by atoms with Crippen LogP contribution < -0.4 is 0 Å². The molecule has 17 heavy (non-hydrogen) atoms. The van der Waals surface area contributed by atoms with Gasteiger partial charge in [-0.1, -0.05) is 6.07 Å². The number of carbonyl (C=O) groups excluding carboxylic acids is 1. The molecule has 94 valence electrons. The summed E-state index contributed by atoms with van der Waals surface area (Å²) in [5.41, 5.74) is -1.54. The summed E-state index contributed by atoms with van der Waals surface area (Å²) in [6.07, 6.45) is -5.59. The van der Waals surface area contributed by atoms with Gasteiger partial charge in [0.2, 0.25) is 0 Å². The Hall–Kier alpha value is -1.43. The van der Waals surface area contributed by atoms with Gasteiger partial charge in [0.05, 0.1) is 5.56 Å². The molecule has 0 aliphatic carbocycles. The van der Waals surface area contributed by atoms with E-state index in [1.165, 1.54) is 14.0 Å². The zero-order valence-corrected chi connectivity index (χ0v) is 9.14. The summed E-state index contributed by atoms with van der Waals surface area (Å²) >= 11 is 0. The van der Waals surface area contributed by atoms with Crippen molar-refractivity contribution in [3.05, 3.63) is 35.1 Å². The van der Waals surface area contributed by atoms with Crippen molar-refractivity contribution in [2.24, 2.45) is 0 Å². The van der Waals surface area contributed by atoms with Crippen LogP contribution in [0.1, 0.15) is 22.8 Å². The highest BCUT2D eigenvalue weighted by atomic mass is 19.4. The summed E-state index contributed by atoms with van der Waals surface area (Å²) < 4.78 is 54.6. The molecule has 0 N–H and O–H groups in total. The number of alkyl halides is 3. The Morgan fingerprint density at radius 2 is 1.94 bits per heavy atom. The maximum atomic E-state index is 13.2. The smallest absolute Gasteiger partial charge is 0.374 e. The molecule has 0 heterocycles. The van der Waals surface area contributed by atoms with E-state index in [-0.39, 0.29) is 5.56 Å². The quantitative estimate of drug-likeness (QED) is 0.608. The Bertz CT molecular complexity index is 426. The molecular formula is C11H10F4O2. The number of rotatable bonds is 3. The Kier molecular flexibility index (Phi) is 3.87. The molecule has 1 unspecified atom stereocenters. The second-order valence-electron chi connectivity index (χ2n) is 3.43. The van der Waals surface area contributed by atoms with Gasteiger partial charge in [0.15, 0.2) is 5.78 Å². The van der Waals surface area contributed by atoms with Crippen LogP contribution in [0.2, 0.25) is 0 Å². The third-order valence-electron chi connectivity index (χ3n) is 2.28. The Morgan fingerprint density at radius 1 is 1.35 bits per heavy atom. The number of benzene rings is 1. The minimum absolute atomic E-state index is 0.148. The number of halogens is 4. The second-order valence-corrected chi connectivity index (χ2v) is 3.43. The first-order valence-electron chi connectivity index (χ1n) is 4.71. The first kappa shape index (κ1) is 13.6. The first-order valence-corrected chi connectivity index (χ1v) is 4.71. The van der Waals surface area contributed by atoms with Crippen LogP contribution >= 0.6 is 0 Å². The maximum Gasteiger partial charge on any atom is 0.419 e. The Morgan fingerprint density at radius 3 is 2.35 bits per heavy atom. The molecule has 1 aromatic carbocycles. The fourth-order valence-corrected chi connectivity index (χ4v) is 1.24. The van der Waals surface area contributed by atoms with E-state index >= 15 is 0 Å². The molecule has 0 aliphatic rings. The van der Waals surface area contributed by atoms with E-state index in [2.05, 4.69) is 0 Å². The number of Topliss-reactive ketones (excluding diaryl/α,β-unsaturated/α-hetero) is 1. The third-order valence-corrected chi connectivity index (χ3v) is 2.28. The van der Waals surface area contributed by atoms with E-state index < -0.39 is 29.4 Å². The minimum atomic E-state index is -4.77. The zero-order valence-electron chi connectivity index (χ0n) is 9.14. The van der Waals surface area contributed by atoms with Crippen molar-refractivity contribution in [3.63, 3.8) is 0 Å². The van der Waals surface area contributed by atoms with E-state index in [0.29, 0.717) is 12.1 Å². The molecule has 0 saturated heterocycles. The highest BCUT2D eigenvalue weighted by Crippen LogP contribution is 2.31. The molecule has 0 fully saturated rings. The summed E-state index contributed by atoms with van der Waals surface area (Å²) in [4.78, 5) is 11.5. The molecule has 2 nitrogen and oxygen atoms in total. The van der Waals surface area contributed by atoms with Gasteiger partial charge in [-0.3, -0.25) is 4.79 Å². The maximum absolute atomic E-state index is 13.2. The van der Waals surface area contributed by atoms with Crippen LogP contribution in [0.3, 0.4) is 0 Å². The van der Waals surface area contributed by atoms with Gasteiger partial charge in [-0.2, -0.15) is 13.2 Å². The number of ketones is 1. The predicted octanol–water partition coefficient (Wildman–Crippen LogP) is 3.06. The standard InChI is InChI=1S/C11H10F4O2/c1-6(17-2)10(16)7-3-4-8(9(12)5-7)11(13,14)15/h3-6H,1-2H3. The van der Waals surface area contributed by atoms with E-state index in [1.807, 2.05) is 0 Å². The van der Waals surface area contributed by atoms with Crippen molar-refractivity contribution < 1.29 is 27.1 Å². The fourth-order valence-electron chi connectivity index (χ4n) is 1.24. The molecule has 1 aromatic rings. The summed E-state index contributed by atoms with van der Waals surface area (Å²) in [7, 11) is 1.28. The third kappa shape index (κ3) is 3.03. The Balaban J connectivity index is 3.09. The first-order chi connectivity index (χ1) is 7.77. The van der Waals surface area contributed by atoms with Gasteiger partial charge in [-0.25, -0.2) is 4.39 Å². The fraction of sp³-hybridized carbons (Fsp3) is 0.364. The molecule has 1 atom stereocenters. The number of hydrogen-bond donors (Lipinski definition) is 0. The minimum Gasteiger partial charge on any atom is -0.374 e. The average Bonchev–Trinajstić information content (AvgIpc) is 2.25. The van der Waals surface area contributed by atoms with Crippen molar-refractivity contribution in [1.29, 1.82) is 0 Å². The lowest BCUT2D eigenvalue weighted by Gasteiger charge is -2.11. The van der Waals surface area contributed by atoms with Crippen molar-refractivity contribution in [2.75, 3.05) is 7.11 Å². The van der Waals surface area contributed by atoms with E-state index in [4.69, 9.17) is 4.74 Å². The molecule has 0 aromatic heterocycles. The van der Waals surface area contributed by atoms with Crippen LogP contribution in [0.5, 0.6) is 0 Å². The van der Waals surface area contributed by atoms with E-state index in [1.54, 1.807) is 0 Å². The largest absolute Gasteiger partial charge is 0.419 e. The highest BCUT2D eigenvalue weighted by molar-refractivity contribution is 5.99. The van der Waals surface area contributed by atoms with Gasteiger partial charge in [0, 0.05) is 12.7 Å². The van der Waals surface area contributed by atoms with Crippen LogP contribution in [-0.2, 0) is 10.9 Å². The van der Waals surface area contributed by atoms with Crippen molar-refractivity contribution in [1.82, 2.24) is 0 Å². The van der Waals surface area contributed by atoms with Crippen LogP contribution in [0.25, 0.3) is 0 Å². The molecule has 0 spiro atoms. The molecule has 0 amide bonds. The molecule has 0 aliphatic heterocycles. The topological polar surface area (TPSA) is 26.3 Å². The van der Waals surface area contributed by atoms with Gasteiger partial charge in [0.25, 0.3) is 0 Å². The summed E-state index contributed by atoms with van der Waals surface area (Å²) in [5, 5.41) is 0. The van der Waals surface area contributed by atoms with E-state index in [0.717, 1.165) is 6.07 Å². The SMILES string of the molecule is COC(C)C(=O)c1ccc(C(F)(F)F)c(F)c1. The van der Waals surface area contributed by atoms with Crippen molar-refractivity contribution >= 4 is 5.78 Å². The highest BCUT2D eigenvalue weighted by Gasteiger charge is 2.34. The van der Waals surface area contributed by atoms with Crippen LogP contribution in [-0.4, -0.2) is 19.0 Å². The molecule has 6 heteroatoms. The van der Waals surface area contributed by atoms with Gasteiger partial charge < -0.3 is 4.74 Å². The van der Waals surface area contributed by atoms with Crippen LogP contribution in [0.15, 0.2) is 18.2 Å². The average molecular weight is 250 g/mol. The molecule has 0 bridgehead atoms. The normalized spacial score (nSPS) is 13.5. The predicted molar refractivity (Wildman–Crippen MR) is 52.2 cm³/mol.